The van der Waals surface area contributed by atoms with Crippen molar-refractivity contribution in [1.29, 1.82) is 0 Å². The van der Waals surface area contributed by atoms with Gasteiger partial charge in [0.05, 0.1) is 0 Å². The fourth-order valence-electron chi connectivity index (χ4n) is 2.03. The van der Waals surface area contributed by atoms with E-state index in [1.54, 1.807) is 0 Å². The van der Waals surface area contributed by atoms with E-state index in [1.165, 1.54) is 57.8 Å². The minimum absolute atomic E-state index is 0.711. The molecule has 0 heterocycles. The van der Waals surface area contributed by atoms with Crippen molar-refractivity contribution in [1.82, 2.24) is 0 Å². The lowest BCUT2D eigenvalue weighted by Gasteiger charge is -2.15. The van der Waals surface area contributed by atoms with Gasteiger partial charge in [-0.05, 0) is 0 Å². The zero-order valence-electron chi connectivity index (χ0n) is 8.10. The van der Waals surface area contributed by atoms with Crippen LogP contribution in [0.4, 0.5) is 0 Å². The van der Waals surface area contributed by atoms with Crippen LogP contribution in [-0.2, 0) is 0 Å². The first-order chi connectivity index (χ1) is 5.93. The molecule has 0 aliphatic heterocycles. The molecule has 0 spiro atoms. The van der Waals surface area contributed by atoms with Gasteiger partial charge in [-0.2, -0.15) is 0 Å². The summed E-state index contributed by atoms with van der Waals surface area (Å²) in [6.07, 6.45) is 12.6. The van der Waals surface area contributed by atoms with Crippen LogP contribution in [0.3, 0.4) is 0 Å². The van der Waals surface area contributed by atoms with Gasteiger partial charge in [0.15, 0.2) is 0 Å². The third kappa shape index (κ3) is 4.15. The first-order valence-electron chi connectivity index (χ1n) is 5.48. The summed E-state index contributed by atoms with van der Waals surface area (Å²) in [4.78, 5) is 0. The van der Waals surface area contributed by atoms with Gasteiger partial charge in [-0.15, -0.1) is 0 Å². The van der Waals surface area contributed by atoms with Gasteiger partial charge in [-0.25, -0.2) is 0 Å². The Kier molecular flexibility index (Phi) is 5.50. The van der Waals surface area contributed by atoms with Gasteiger partial charge in [-0.1, -0.05) is 63.6 Å². The van der Waals surface area contributed by atoms with E-state index < -0.39 is 0 Å². The Morgan fingerprint density at radius 3 is 1.58 bits per heavy atom. The quantitative estimate of drug-likeness (QED) is 0.595. The highest BCUT2D eigenvalue weighted by atomic mass is 14.4. The Bertz CT molecular complexity index is 96.0. The second-order valence-electron chi connectivity index (χ2n) is 4.00. The Morgan fingerprint density at radius 1 is 0.750 bits per heavy atom. The normalized spacial score (nSPS) is 23.4. The summed E-state index contributed by atoms with van der Waals surface area (Å²) in [5.41, 5.74) is 5.59. The number of hydrogen-bond acceptors (Lipinski definition) is 1. The molecule has 1 fully saturated rings. The van der Waals surface area contributed by atoms with Gasteiger partial charge in [0.1, 0.15) is 0 Å². The van der Waals surface area contributed by atoms with Gasteiger partial charge in [0.25, 0.3) is 0 Å². The fourth-order valence-corrected chi connectivity index (χ4v) is 2.03. The van der Waals surface area contributed by atoms with E-state index in [-0.39, 0.29) is 0 Å². The van der Waals surface area contributed by atoms with Crippen molar-refractivity contribution in [2.45, 2.75) is 63.6 Å². The molecule has 0 aromatic heterocycles. The van der Waals surface area contributed by atoms with Gasteiger partial charge in [-0.3, -0.25) is 0 Å². The molecule has 1 saturated carbocycles. The molecule has 69 valence electrons. The second kappa shape index (κ2) is 6.53. The highest BCUT2D eigenvalue weighted by Gasteiger charge is 2.08. The maximum atomic E-state index is 5.59. The molecule has 1 aliphatic rings. The lowest BCUT2D eigenvalue weighted by molar-refractivity contribution is 0.502. The van der Waals surface area contributed by atoms with Gasteiger partial charge >= 0.3 is 0 Å². The molecule has 0 aromatic rings. The van der Waals surface area contributed by atoms with Crippen LogP contribution < -0.4 is 5.64 Å². The summed E-state index contributed by atoms with van der Waals surface area (Å²) in [7, 11) is 1.92. The monoisotopic (exact) mass is 166 g/mol. The van der Waals surface area contributed by atoms with Gasteiger partial charge in [0, 0.05) is 0 Å². The fraction of sp³-hybridized carbons (Fsp3) is 1.00. The third-order valence-electron chi connectivity index (χ3n) is 2.92. The smallest absolute Gasteiger partial charge is 0.205 e. The first kappa shape index (κ1) is 10.1. The molecular weight excluding hydrogens is 145 g/mol. The van der Waals surface area contributed by atoms with E-state index in [0.717, 1.165) is 0 Å². The Labute approximate surface area is 77.4 Å². The van der Waals surface area contributed by atoms with E-state index in [9.17, 15) is 0 Å². The topological polar surface area (TPSA) is 26.0 Å². The van der Waals surface area contributed by atoms with Crippen LogP contribution in [0.2, 0.25) is 5.82 Å². The minimum Gasteiger partial charge on any atom is -0.374 e. The molecule has 1 nitrogen and oxygen atoms in total. The maximum Gasteiger partial charge on any atom is 0.205 e. The van der Waals surface area contributed by atoms with Gasteiger partial charge < -0.3 is 5.64 Å². The zero-order chi connectivity index (χ0) is 8.65. The molecule has 1 radical (unpaired) electrons. The van der Waals surface area contributed by atoms with Crippen molar-refractivity contribution >= 4 is 7.41 Å². The van der Waals surface area contributed by atoms with E-state index in [2.05, 4.69) is 0 Å². The summed E-state index contributed by atoms with van der Waals surface area (Å²) in [5.74, 6) is 0.711. The molecule has 0 aromatic carbocycles. The van der Waals surface area contributed by atoms with Crippen LogP contribution in [-0.4, -0.2) is 7.41 Å². The van der Waals surface area contributed by atoms with Crippen molar-refractivity contribution < 1.29 is 0 Å². The van der Waals surface area contributed by atoms with E-state index in [1.807, 2.05) is 7.41 Å². The van der Waals surface area contributed by atoms with Crippen molar-refractivity contribution in [3.8, 4) is 0 Å². The lowest BCUT2D eigenvalue weighted by Crippen LogP contribution is -2.14. The molecule has 0 bridgehead atoms. The molecule has 0 atom stereocenters. The van der Waals surface area contributed by atoms with E-state index in [0.29, 0.717) is 5.82 Å². The standard InChI is InChI=1S/C10H21BN/c12-11-10-8-6-4-2-1-3-5-7-9-10/h10H,1-9,12H2. The van der Waals surface area contributed by atoms with Gasteiger partial charge in [0.2, 0.25) is 7.41 Å². The SMILES string of the molecule is N[B]C1CCCCCCCCC1. The third-order valence-corrected chi connectivity index (χ3v) is 2.92. The largest absolute Gasteiger partial charge is 0.374 e. The molecule has 2 heteroatoms. The zero-order valence-corrected chi connectivity index (χ0v) is 8.10. The number of rotatable bonds is 1. The second-order valence-corrected chi connectivity index (χ2v) is 4.00. The minimum atomic E-state index is 0.711. The molecule has 12 heavy (non-hydrogen) atoms. The number of hydrogen-bond donors (Lipinski definition) is 1. The molecular formula is C10H21BN. The molecule has 2 N–H and O–H groups in total. The van der Waals surface area contributed by atoms with Crippen LogP contribution in [0.25, 0.3) is 0 Å². The van der Waals surface area contributed by atoms with Crippen LogP contribution in [0.1, 0.15) is 57.8 Å². The lowest BCUT2D eigenvalue weighted by atomic mass is 9.70. The Morgan fingerprint density at radius 2 is 1.17 bits per heavy atom. The summed E-state index contributed by atoms with van der Waals surface area (Å²) in [5, 5.41) is 0. The van der Waals surface area contributed by atoms with Crippen molar-refractivity contribution in [3.63, 3.8) is 0 Å². The summed E-state index contributed by atoms with van der Waals surface area (Å²) >= 11 is 0. The molecule has 1 aliphatic carbocycles. The van der Waals surface area contributed by atoms with Crippen LogP contribution in [0.15, 0.2) is 0 Å². The van der Waals surface area contributed by atoms with Crippen molar-refractivity contribution in [2.75, 3.05) is 0 Å². The molecule has 0 amide bonds. The first-order valence-corrected chi connectivity index (χ1v) is 5.48. The predicted molar refractivity (Wildman–Crippen MR) is 55.2 cm³/mol. The molecule has 0 saturated heterocycles. The van der Waals surface area contributed by atoms with Crippen molar-refractivity contribution in [2.24, 2.45) is 5.64 Å². The Balaban J connectivity index is 2.17. The highest BCUT2D eigenvalue weighted by Crippen LogP contribution is 2.23. The summed E-state index contributed by atoms with van der Waals surface area (Å²) in [6.45, 7) is 0. The van der Waals surface area contributed by atoms with Crippen LogP contribution in [0, 0.1) is 0 Å². The maximum absolute atomic E-state index is 5.59. The average molecular weight is 166 g/mol. The highest BCUT2D eigenvalue weighted by molar-refractivity contribution is 6.33. The Hall–Kier alpha value is 0.0249. The molecule has 1 rings (SSSR count). The van der Waals surface area contributed by atoms with Crippen molar-refractivity contribution in [3.05, 3.63) is 0 Å². The average Bonchev–Trinajstić information content (AvgIpc) is 2.14. The van der Waals surface area contributed by atoms with E-state index in [4.69, 9.17) is 5.64 Å². The molecule has 0 unspecified atom stereocenters. The summed E-state index contributed by atoms with van der Waals surface area (Å²) < 4.78 is 0. The number of nitrogens with two attached hydrogens (primary N) is 1. The van der Waals surface area contributed by atoms with Crippen LogP contribution >= 0.6 is 0 Å². The predicted octanol–water partition coefficient (Wildman–Crippen LogP) is 2.88. The van der Waals surface area contributed by atoms with Crippen LogP contribution in [0.5, 0.6) is 0 Å². The van der Waals surface area contributed by atoms with E-state index >= 15 is 0 Å². The summed E-state index contributed by atoms with van der Waals surface area (Å²) in [6, 6.07) is 0.